The van der Waals surface area contributed by atoms with Gasteiger partial charge < -0.3 is 9.47 Å². The van der Waals surface area contributed by atoms with E-state index in [-0.39, 0.29) is 6.79 Å². The van der Waals surface area contributed by atoms with Crippen LogP contribution >= 0.6 is 15.9 Å². The van der Waals surface area contributed by atoms with E-state index < -0.39 is 0 Å². The molecule has 0 aliphatic carbocycles. The van der Waals surface area contributed by atoms with E-state index in [9.17, 15) is 0 Å². The van der Waals surface area contributed by atoms with Crippen molar-refractivity contribution in [2.45, 2.75) is 6.61 Å². The zero-order valence-corrected chi connectivity index (χ0v) is 10.8. The Balaban J connectivity index is 1.76. The average Bonchev–Trinajstić information content (AvgIpc) is 2.38. The van der Waals surface area contributed by atoms with E-state index in [2.05, 4.69) is 20.9 Å². The van der Waals surface area contributed by atoms with Crippen LogP contribution in [0.1, 0.15) is 5.56 Å². The summed E-state index contributed by atoms with van der Waals surface area (Å²) in [5, 5.41) is 0. The summed E-state index contributed by atoms with van der Waals surface area (Å²) in [6.45, 7) is 0.748. The standard InChI is InChI=1S/C13H12BrNO2/c14-13-12(7-4-8-15-13)17-10-16-9-11-5-2-1-3-6-11/h1-8H,9-10H2. The summed E-state index contributed by atoms with van der Waals surface area (Å²) in [4.78, 5) is 4.05. The summed E-state index contributed by atoms with van der Waals surface area (Å²) >= 11 is 3.30. The number of aromatic nitrogens is 1. The Morgan fingerprint density at radius 1 is 1.06 bits per heavy atom. The molecule has 0 spiro atoms. The van der Waals surface area contributed by atoms with Gasteiger partial charge in [-0.3, -0.25) is 0 Å². The van der Waals surface area contributed by atoms with Crippen molar-refractivity contribution in [3.05, 3.63) is 58.8 Å². The molecule has 1 aromatic heterocycles. The molecule has 0 N–H and O–H groups in total. The lowest BCUT2D eigenvalue weighted by Gasteiger charge is -2.07. The molecular formula is C13H12BrNO2. The summed E-state index contributed by atoms with van der Waals surface area (Å²) in [6, 6.07) is 13.6. The van der Waals surface area contributed by atoms with E-state index in [4.69, 9.17) is 9.47 Å². The predicted molar refractivity (Wildman–Crippen MR) is 68.7 cm³/mol. The summed E-state index contributed by atoms with van der Waals surface area (Å²) in [7, 11) is 0. The fraction of sp³-hybridized carbons (Fsp3) is 0.154. The van der Waals surface area contributed by atoms with Gasteiger partial charge in [-0.1, -0.05) is 30.3 Å². The average molecular weight is 294 g/mol. The quantitative estimate of drug-likeness (QED) is 0.481. The molecule has 2 aromatic rings. The first kappa shape index (κ1) is 12.1. The van der Waals surface area contributed by atoms with Crippen LogP contribution in [0.15, 0.2) is 53.3 Å². The zero-order valence-electron chi connectivity index (χ0n) is 9.17. The molecule has 0 aliphatic heterocycles. The van der Waals surface area contributed by atoms with Gasteiger partial charge in [0.05, 0.1) is 6.61 Å². The van der Waals surface area contributed by atoms with Gasteiger partial charge in [0, 0.05) is 6.20 Å². The molecule has 0 saturated carbocycles. The second kappa shape index (κ2) is 6.37. The highest BCUT2D eigenvalue weighted by molar-refractivity contribution is 9.10. The fourth-order valence-electron chi connectivity index (χ4n) is 1.32. The Hall–Kier alpha value is -1.39. The number of benzene rings is 1. The second-order valence-electron chi connectivity index (χ2n) is 3.39. The molecule has 1 heterocycles. The third-order valence-electron chi connectivity index (χ3n) is 2.13. The Morgan fingerprint density at radius 2 is 1.88 bits per heavy atom. The molecule has 17 heavy (non-hydrogen) atoms. The minimum absolute atomic E-state index is 0.208. The Bertz CT molecular complexity index is 462. The molecule has 3 nitrogen and oxygen atoms in total. The van der Waals surface area contributed by atoms with Gasteiger partial charge in [-0.05, 0) is 33.6 Å². The van der Waals surface area contributed by atoms with Crippen LogP contribution in [0.25, 0.3) is 0 Å². The van der Waals surface area contributed by atoms with Crippen LogP contribution in [0.2, 0.25) is 0 Å². The first-order chi connectivity index (χ1) is 8.36. The smallest absolute Gasteiger partial charge is 0.189 e. The SMILES string of the molecule is Brc1ncccc1OCOCc1ccccc1. The van der Waals surface area contributed by atoms with E-state index in [0.29, 0.717) is 17.0 Å². The maximum Gasteiger partial charge on any atom is 0.189 e. The third kappa shape index (κ3) is 3.84. The molecule has 0 unspecified atom stereocenters. The molecule has 1 aromatic carbocycles. The number of hydrogen-bond donors (Lipinski definition) is 0. The molecule has 0 saturated heterocycles. The van der Waals surface area contributed by atoms with Crippen LogP contribution < -0.4 is 4.74 Å². The number of hydrogen-bond acceptors (Lipinski definition) is 3. The highest BCUT2D eigenvalue weighted by Gasteiger charge is 2.00. The maximum absolute atomic E-state index is 5.43. The van der Waals surface area contributed by atoms with Crippen molar-refractivity contribution in [2.24, 2.45) is 0 Å². The number of halogens is 1. The molecule has 0 amide bonds. The van der Waals surface area contributed by atoms with Crippen LogP contribution in [-0.4, -0.2) is 11.8 Å². The third-order valence-corrected chi connectivity index (χ3v) is 2.73. The second-order valence-corrected chi connectivity index (χ2v) is 4.14. The van der Waals surface area contributed by atoms with Crippen LogP contribution in [0.4, 0.5) is 0 Å². The van der Waals surface area contributed by atoms with Crippen LogP contribution in [0.5, 0.6) is 5.75 Å². The lowest BCUT2D eigenvalue weighted by Crippen LogP contribution is -2.03. The first-order valence-electron chi connectivity index (χ1n) is 5.21. The largest absolute Gasteiger partial charge is 0.465 e. The molecular weight excluding hydrogens is 282 g/mol. The topological polar surface area (TPSA) is 31.4 Å². The Morgan fingerprint density at radius 3 is 2.65 bits per heavy atom. The highest BCUT2D eigenvalue weighted by atomic mass is 79.9. The summed E-state index contributed by atoms with van der Waals surface area (Å²) < 4.78 is 11.5. The molecule has 0 bridgehead atoms. The molecule has 0 atom stereocenters. The monoisotopic (exact) mass is 293 g/mol. The van der Waals surface area contributed by atoms with Crippen molar-refractivity contribution < 1.29 is 9.47 Å². The van der Waals surface area contributed by atoms with Crippen LogP contribution in [0, 0.1) is 0 Å². The predicted octanol–water partition coefficient (Wildman–Crippen LogP) is 3.40. The van der Waals surface area contributed by atoms with Crippen molar-refractivity contribution in [3.63, 3.8) is 0 Å². The summed E-state index contributed by atoms with van der Waals surface area (Å²) in [5.41, 5.74) is 1.13. The molecule has 0 fully saturated rings. The first-order valence-corrected chi connectivity index (χ1v) is 6.00. The van der Waals surface area contributed by atoms with E-state index in [1.807, 2.05) is 42.5 Å². The molecule has 2 rings (SSSR count). The number of rotatable bonds is 5. The molecule has 0 aliphatic rings. The van der Waals surface area contributed by atoms with Gasteiger partial charge in [-0.2, -0.15) is 0 Å². The number of nitrogens with zero attached hydrogens (tertiary/aromatic N) is 1. The van der Waals surface area contributed by atoms with Gasteiger partial charge in [-0.25, -0.2) is 4.98 Å². The number of ether oxygens (including phenoxy) is 2. The van der Waals surface area contributed by atoms with Crippen molar-refractivity contribution >= 4 is 15.9 Å². The minimum atomic E-state index is 0.208. The van der Waals surface area contributed by atoms with Crippen LogP contribution in [0.3, 0.4) is 0 Å². The van der Waals surface area contributed by atoms with Gasteiger partial charge in [0.2, 0.25) is 0 Å². The van der Waals surface area contributed by atoms with Crippen LogP contribution in [-0.2, 0) is 11.3 Å². The normalized spacial score (nSPS) is 10.2. The molecule has 4 heteroatoms. The van der Waals surface area contributed by atoms with E-state index in [0.717, 1.165) is 5.56 Å². The lowest BCUT2D eigenvalue weighted by atomic mass is 10.2. The van der Waals surface area contributed by atoms with Gasteiger partial charge in [0.15, 0.2) is 12.5 Å². The van der Waals surface area contributed by atoms with E-state index >= 15 is 0 Å². The van der Waals surface area contributed by atoms with Gasteiger partial charge in [-0.15, -0.1) is 0 Å². The number of pyridine rings is 1. The zero-order chi connectivity index (χ0) is 11.9. The fourth-order valence-corrected chi connectivity index (χ4v) is 1.68. The Labute approximate surface area is 109 Å². The highest BCUT2D eigenvalue weighted by Crippen LogP contribution is 2.20. The van der Waals surface area contributed by atoms with Crippen molar-refractivity contribution in [1.82, 2.24) is 4.98 Å². The van der Waals surface area contributed by atoms with Crippen molar-refractivity contribution in [3.8, 4) is 5.75 Å². The van der Waals surface area contributed by atoms with Crippen molar-refractivity contribution in [2.75, 3.05) is 6.79 Å². The molecule has 88 valence electrons. The van der Waals surface area contributed by atoms with Crippen molar-refractivity contribution in [1.29, 1.82) is 0 Å². The minimum Gasteiger partial charge on any atom is -0.465 e. The van der Waals surface area contributed by atoms with Gasteiger partial charge in [0.1, 0.15) is 4.60 Å². The summed E-state index contributed by atoms with van der Waals surface area (Å²) in [5.74, 6) is 0.681. The van der Waals surface area contributed by atoms with Gasteiger partial charge >= 0.3 is 0 Å². The lowest BCUT2D eigenvalue weighted by molar-refractivity contribution is 0.00440. The maximum atomic E-state index is 5.43. The Kier molecular flexibility index (Phi) is 4.53. The van der Waals surface area contributed by atoms with Gasteiger partial charge in [0.25, 0.3) is 0 Å². The summed E-state index contributed by atoms with van der Waals surface area (Å²) in [6.07, 6.45) is 1.70. The molecule has 0 radical (unpaired) electrons. The van der Waals surface area contributed by atoms with E-state index in [1.54, 1.807) is 6.20 Å². The van der Waals surface area contributed by atoms with E-state index in [1.165, 1.54) is 0 Å².